The highest BCUT2D eigenvalue weighted by molar-refractivity contribution is 5.92. The number of nitrogens with one attached hydrogen (secondary N) is 1. The average molecular weight is 339 g/mol. The Morgan fingerprint density at radius 1 is 1.16 bits per heavy atom. The second-order valence-corrected chi connectivity index (χ2v) is 5.95. The van der Waals surface area contributed by atoms with Crippen LogP contribution in [0.15, 0.2) is 54.6 Å². The molecule has 0 spiro atoms. The molecule has 0 unspecified atom stereocenters. The van der Waals surface area contributed by atoms with Crippen molar-refractivity contribution in [2.45, 2.75) is 32.2 Å². The lowest BCUT2D eigenvalue weighted by atomic mass is 9.94. The van der Waals surface area contributed by atoms with Crippen LogP contribution in [0.1, 0.15) is 31.7 Å². The lowest BCUT2D eigenvalue weighted by Crippen LogP contribution is -2.46. The summed E-state index contributed by atoms with van der Waals surface area (Å²) in [4.78, 5) is 14.0. The topological polar surface area (TPSA) is 56.1 Å². The Labute approximate surface area is 147 Å². The number of anilines is 1. The second-order valence-electron chi connectivity index (χ2n) is 5.95. The van der Waals surface area contributed by atoms with Crippen molar-refractivity contribution in [3.05, 3.63) is 66.0 Å². The molecular formula is C20H22FN3O. The molecule has 4 nitrogen and oxygen atoms in total. The van der Waals surface area contributed by atoms with Gasteiger partial charge in [-0.1, -0.05) is 49.4 Å². The van der Waals surface area contributed by atoms with Crippen molar-refractivity contribution < 1.29 is 9.18 Å². The van der Waals surface area contributed by atoms with Crippen LogP contribution in [0.4, 0.5) is 14.9 Å². The van der Waals surface area contributed by atoms with E-state index in [-0.39, 0.29) is 30.6 Å². The summed E-state index contributed by atoms with van der Waals surface area (Å²) in [5.74, 6) is -0.386. The SMILES string of the molecule is C[C@H](c1ccccc1)[C@@H](C)NC(=O)N(CCC#N)c1ccccc1F. The van der Waals surface area contributed by atoms with Crippen LogP contribution in [0, 0.1) is 17.1 Å². The largest absolute Gasteiger partial charge is 0.335 e. The van der Waals surface area contributed by atoms with E-state index in [1.165, 1.54) is 17.0 Å². The van der Waals surface area contributed by atoms with E-state index in [2.05, 4.69) is 5.32 Å². The summed E-state index contributed by atoms with van der Waals surface area (Å²) in [6, 6.07) is 17.4. The van der Waals surface area contributed by atoms with Crippen molar-refractivity contribution in [1.82, 2.24) is 5.32 Å². The maximum absolute atomic E-state index is 14.1. The van der Waals surface area contributed by atoms with Gasteiger partial charge in [0, 0.05) is 18.5 Å². The number of nitrogens with zero attached hydrogens (tertiary/aromatic N) is 2. The molecule has 2 amide bonds. The van der Waals surface area contributed by atoms with E-state index in [1.807, 2.05) is 50.2 Å². The van der Waals surface area contributed by atoms with Crippen LogP contribution in [0.3, 0.4) is 0 Å². The van der Waals surface area contributed by atoms with Crippen LogP contribution in [-0.4, -0.2) is 18.6 Å². The van der Waals surface area contributed by atoms with Gasteiger partial charge in [-0.25, -0.2) is 9.18 Å². The molecule has 2 rings (SSSR count). The predicted molar refractivity (Wildman–Crippen MR) is 96.8 cm³/mol. The molecule has 5 heteroatoms. The Hall–Kier alpha value is -2.87. The Morgan fingerprint density at radius 2 is 1.80 bits per heavy atom. The fourth-order valence-corrected chi connectivity index (χ4v) is 2.61. The number of halogens is 1. The predicted octanol–water partition coefficient (Wildman–Crippen LogP) is 4.45. The molecule has 0 aliphatic heterocycles. The van der Waals surface area contributed by atoms with Crippen molar-refractivity contribution in [2.75, 3.05) is 11.4 Å². The maximum Gasteiger partial charge on any atom is 0.322 e. The molecule has 0 aromatic heterocycles. The van der Waals surface area contributed by atoms with Crippen LogP contribution in [-0.2, 0) is 0 Å². The van der Waals surface area contributed by atoms with Gasteiger partial charge < -0.3 is 5.32 Å². The minimum absolute atomic E-state index is 0.101. The number of hydrogen-bond donors (Lipinski definition) is 1. The molecule has 0 radical (unpaired) electrons. The van der Waals surface area contributed by atoms with Gasteiger partial charge in [-0.05, 0) is 24.6 Å². The molecule has 0 saturated heterocycles. The highest BCUT2D eigenvalue weighted by Crippen LogP contribution is 2.21. The van der Waals surface area contributed by atoms with Gasteiger partial charge in [-0.3, -0.25) is 4.90 Å². The van der Waals surface area contributed by atoms with E-state index in [4.69, 9.17) is 5.26 Å². The van der Waals surface area contributed by atoms with Crippen LogP contribution in [0.5, 0.6) is 0 Å². The number of carbonyl (C=O) groups excluding carboxylic acids is 1. The molecule has 0 aliphatic carbocycles. The second kappa shape index (κ2) is 8.84. The zero-order chi connectivity index (χ0) is 18.2. The van der Waals surface area contributed by atoms with Crippen LogP contribution in [0.25, 0.3) is 0 Å². The summed E-state index contributed by atoms with van der Waals surface area (Å²) in [6.45, 7) is 4.08. The van der Waals surface area contributed by atoms with Gasteiger partial charge in [0.25, 0.3) is 0 Å². The number of amides is 2. The first kappa shape index (κ1) is 18.5. The van der Waals surface area contributed by atoms with E-state index in [0.717, 1.165) is 5.56 Å². The summed E-state index contributed by atoms with van der Waals surface area (Å²) >= 11 is 0. The monoisotopic (exact) mass is 339 g/mol. The number of para-hydroxylation sites is 1. The molecule has 0 aliphatic rings. The van der Waals surface area contributed by atoms with Gasteiger partial charge in [0.05, 0.1) is 18.2 Å². The molecule has 0 heterocycles. The molecule has 25 heavy (non-hydrogen) atoms. The molecule has 2 atom stereocenters. The van der Waals surface area contributed by atoms with Gasteiger partial charge in [0.15, 0.2) is 0 Å². The van der Waals surface area contributed by atoms with E-state index in [9.17, 15) is 9.18 Å². The minimum atomic E-state index is -0.487. The summed E-state index contributed by atoms with van der Waals surface area (Å²) in [5.41, 5.74) is 1.29. The van der Waals surface area contributed by atoms with Crippen LogP contribution in [0.2, 0.25) is 0 Å². The van der Waals surface area contributed by atoms with Gasteiger partial charge >= 0.3 is 6.03 Å². The Bertz CT molecular complexity index is 742. The van der Waals surface area contributed by atoms with Crippen molar-refractivity contribution in [3.8, 4) is 6.07 Å². The number of benzene rings is 2. The quantitative estimate of drug-likeness (QED) is 0.845. The summed E-state index contributed by atoms with van der Waals surface area (Å²) in [5, 5.41) is 11.8. The lowest BCUT2D eigenvalue weighted by molar-refractivity contribution is 0.241. The Kier molecular flexibility index (Phi) is 6.53. The number of nitriles is 1. The summed E-state index contributed by atoms with van der Waals surface area (Å²) in [6.07, 6.45) is 0.129. The molecule has 1 N–H and O–H groups in total. The van der Waals surface area contributed by atoms with Crippen molar-refractivity contribution in [1.29, 1.82) is 5.26 Å². The van der Waals surface area contributed by atoms with E-state index in [0.29, 0.717) is 0 Å². The van der Waals surface area contributed by atoms with Gasteiger partial charge in [-0.15, -0.1) is 0 Å². The van der Waals surface area contributed by atoms with Crippen LogP contribution < -0.4 is 10.2 Å². The molecule has 2 aromatic carbocycles. The Morgan fingerprint density at radius 3 is 2.44 bits per heavy atom. The smallest absolute Gasteiger partial charge is 0.322 e. The first-order valence-electron chi connectivity index (χ1n) is 8.29. The zero-order valence-electron chi connectivity index (χ0n) is 14.4. The van der Waals surface area contributed by atoms with Gasteiger partial charge in [-0.2, -0.15) is 5.26 Å². The standard InChI is InChI=1S/C20H22FN3O/c1-15(17-9-4-3-5-10-17)16(2)23-20(25)24(14-8-13-22)19-12-7-6-11-18(19)21/h3-7,9-12,15-16H,8,14H2,1-2H3,(H,23,25)/t15-,16+/m0/s1. The number of carbonyl (C=O) groups is 1. The normalized spacial score (nSPS) is 12.7. The molecule has 130 valence electrons. The zero-order valence-corrected chi connectivity index (χ0v) is 14.4. The number of urea groups is 1. The fraction of sp³-hybridized carbons (Fsp3) is 0.300. The van der Waals surface area contributed by atoms with E-state index >= 15 is 0 Å². The average Bonchev–Trinajstić information content (AvgIpc) is 2.63. The lowest BCUT2D eigenvalue weighted by Gasteiger charge is -2.27. The third kappa shape index (κ3) is 4.80. The van der Waals surface area contributed by atoms with Crippen molar-refractivity contribution in [3.63, 3.8) is 0 Å². The third-order valence-corrected chi connectivity index (χ3v) is 4.26. The third-order valence-electron chi connectivity index (χ3n) is 4.26. The molecule has 0 bridgehead atoms. The van der Waals surface area contributed by atoms with Gasteiger partial charge in [0.2, 0.25) is 0 Å². The van der Waals surface area contributed by atoms with Crippen molar-refractivity contribution >= 4 is 11.7 Å². The fourth-order valence-electron chi connectivity index (χ4n) is 2.61. The molecule has 0 fully saturated rings. The van der Waals surface area contributed by atoms with E-state index < -0.39 is 11.8 Å². The van der Waals surface area contributed by atoms with Crippen molar-refractivity contribution in [2.24, 2.45) is 0 Å². The first-order chi connectivity index (χ1) is 12.0. The number of hydrogen-bond acceptors (Lipinski definition) is 2. The molecular weight excluding hydrogens is 317 g/mol. The summed E-state index contributed by atoms with van der Waals surface area (Å²) in [7, 11) is 0. The molecule has 2 aromatic rings. The minimum Gasteiger partial charge on any atom is -0.335 e. The summed E-state index contributed by atoms with van der Waals surface area (Å²) < 4.78 is 14.1. The first-order valence-corrected chi connectivity index (χ1v) is 8.29. The Balaban J connectivity index is 2.14. The highest BCUT2D eigenvalue weighted by atomic mass is 19.1. The van der Waals surface area contributed by atoms with E-state index in [1.54, 1.807) is 12.1 Å². The number of rotatable bonds is 6. The van der Waals surface area contributed by atoms with Crippen LogP contribution >= 0.6 is 0 Å². The van der Waals surface area contributed by atoms with Gasteiger partial charge in [0.1, 0.15) is 5.82 Å². The molecule has 0 saturated carbocycles. The highest BCUT2D eigenvalue weighted by Gasteiger charge is 2.22. The maximum atomic E-state index is 14.1.